The number of ether oxygens (including phenoxy) is 1. The second-order valence-corrected chi connectivity index (χ2v) is 3.92. The summed E-state index contributed by atoms with van der Waals surface area (Å²) in [7, 11) is 1.60. The van der Waals surface area contributed by atoms with Crippen LogP contribution in [0.25, 0.3) is 0 Å². The van der Waals surface area contributed by atoms with Crippen LogP contribution in [0, 0.1) is 0 Å². The van der Waals surface area contributed by atoms with E-state index in [9.17, 15) is 9.59 Å². The highest BCUT2D eigenvalue weighted by Crippen LogP contribution is 2.04. The minimum Gasteiger partial charge on any atom is -0.383 e. The van der Waals surface area contributed by atoms with E-state index in [0.29, 0.717) is 26.2 Å². The molecule has 0 radical (unpaired) electrons. The van der Waals surface area contributed by atoms with Crippen LogP contribution in [0.1, 0.15) is 6.92 Å². The summed E-state index contributed by atoms with van der Waals surface area (Å²) in [4.78, 5) is 26.5. The molecule has 1 rings (SSSR count). The molecule has 1 heterocycles. The minimum absolute atomic E-state index is 0. The van der Waals surface area contributed by atoms with Crippen LogP contribution in [-0.2, 0) is 14.3 Å². The molecular weight excluding hydrogens is 246 g/mol. The summed E-state index contributed by atoms with van der Waals surface area (Å²) in [6.07, 6.45) is 0. The Labute approximate surface area is 107 Å². The molecular formula is C10H20ClN3O3. The lowest BCUT2D eigenvalue weighted by molar-refractivity contribution is -0.146. The van der Waals surface area contributed by atoms with Crippen molar-refractivity contribution in [2.24, 2.45) is 5.73 Å². The minimum atomic E-state index is -0.543. The molecule has 6 nitrogen and oxygen atoms in total. The van der Waals surface area contributed by atoms with Gasteiger partial charge in [0.25, 0.3) is 0 Å². The van der Waals surface area contributed by atoms with Crippen molar-refractivity contribution in [2.75, 3.05) is 39.9 Å². The fourth-order valence-electron chi connectivity index (χ4n) is 1.62. The standard InChI is InChI=1S/C10H19N3O3.ClH/c1-8(11)10(15)13-4-3-12(5-6-16-2)9(14)7-13;/h8H,3-7,11H2,1-2H3;1H. The molecule has 100 valence electrons. The third-order valence-electron chi connectivity index (χ3n) is 2.59. The number of halogens is 1. The topological polar surface area (TPSA) is 75.9 Å². The van der Waals surface area contributed by atoms with E-state index in [4.69, 9.17) is 10.5 Å². The normalized spacial score (nSPS) is 17.7. The summed E-state index contributed by atoms with van der Waals surface area (Å²) < 4.78 is 4.91. The Morgan fingerprint density at radius 1 is 1.53 bits per heavy atom. The molecule has 2 amide bonds. The van der Waals surface area contributed by atoms with Crippen LogP contribution in [0.2, 0.25) is 0 Å². The molecule has 0 bridgehead atoms. The molecule has 1 aliphatic heterocycles. The van der Waals surface area contributed by atoms with Crippen molar-refractivity contribution in [1.82, 2.24) is 9.80 Å². The summed E-state index contributed by atoms with van der Waals surface area (Å²) >= 11 is 0. The molecule has 2 N–H and O–H groups in total. The number of amides is 2. The second-order valence-electron chi connectivity index (χ2n) is 3.92. The lowest BCUT2D eigenvalue weighted by atomic mass is 10.2. The summed E-state index contributed by atoms with van der Waals surface area (Å²) in [6.45, 7) is 3.97. The quantitative estimate of drug-likeness (QED) is 0.713. The zero-order valence-electron chi connectivity index (χ0n) is 10.2. The van der Waals surface area contributed by atoms with Crippen molar-refractivity contribution >= 4 is 24.2 Å². The van der Waals surface area contributed by atoms with E-state index < -0.39 is 6.04 Å². The molecule has 1 fully saturated rings. The number of carbonyl (C=O) groups is 2. The van der Waals surface area contributed by atoms with Crippen LogP contribution in [-0.4, -0.2) is 67.6 Å². The van der Waals surface area contributed by atoms with Crippen molar-refractivity contribution in [3.05, 3.63) is 0 Å². The molecule has 17 heavy (non-hydrogen) atoms. The smallest absolute Gasteiger partial charge is 0.242 e. The van der Waals surface area contributed by atoms with Crippen molar-refractivity contribution in [2.45, 2.75) is 13.0 Å². The molecule has 1 unspecified atom stereocenters. The fraction of sp³-hybridized carbons (Fsp3) is 0.800. The zero-order valence-corrected chi connectivity index (χ0v) is 11.0. The van der Waals surface area contributed by atoms with E-state index in [1.807, 2.05) is 0 Å². The highest BCUT2D eigenvalue weighted by Gasteiger charge is 2.27. The maximum Gasteiger partial charge on any atom is 0.242 e. The van der Waals surface area contributed by atoms with Gasteiger partial charge in [0.05, 0.1) is 19.2 Å². The number of rotatable bonds is 4. The highest BCUT2D eigenvalue weighted by atomic mass is 35.5. The first kappa shape index (κ1) is 16.1. The van der Waals surface area contributed by atoms with E-state index in [-0.39, 0.29) is 30.8 Å². The maximum atomic E-state index is 11.7. The maximum absolute atomic E-state index is 11.7. The summed E-state index contributed by atoms with van der Waals surface area (Å²) in [5.74, 6) is -0.211. The Kier molecular flexibility index (Phi) is 7.10. The van der Waals surface area contributed by atoms with E-state index in [2.05, 4.69) is 0 Å². The largest absolute Gasteiger partial charge is 0.383 e. The molecule has 1 aliphatic rings. The predicted molar refractivity (Wildman–Crippen MR) is 65.9 cm³/mol. The number of nitrogens with zero attached hydrogens (tertiary/aromatic N) is 2. The molecule has 1 saturated heterocycles. The van der Waals surface area contributed by atoms with Crippen LogP contribution in [0.3, 0.4) is 0 Å². The van der Waals surface area contributed by atoms with Crippen molar-refractivity contribution in [3.63, 3.8) is 0 Å². The first-order valence-electron chi connectivity index (χ1n) is 5.37. The monoisotopic (exact) mass is 265 g/mol. The fourth-order valence-corrected chi connectivity index (χ4v) is 1.62. The number of methoxy groups -OCH3 is 1. The molecule has 0 aliphatic carbocycles. The first-order valence-corrected chi connectivity index (χ1v) is 5.37. The van der Waals surface area contributed by atoms with Gasteiger partial charge in [-0.15, -0.1) is 12.4 Å². The Morgan fingerprint density at radius 2 is 2.18 bits per heavy atom. The van der Waals surface area contributed by atoms with Crippen LogP contribution in [0.15, 0.2) is 0 Å². The molecule has 1 atom stereocenters. The van der Waals surface area contributed by atoms with Crippen molar-refractivity contribution < 1.29 is 14.3 Å². The van der Waals surface area contributed by atoms with Gasteiger partial charge in [0, 0.05) is 26.7 Å². The van der Waals surface area contributed by atoms with Gasteiger partial charge in [-0.3, -0.25) is 9.59 Å². The Bertz CT molecular complexity index is 274. The third-order valence-corrected chi connectivity index (χ3v) is 2.59. The average molecular weight is 266 g/mol. The average Bonchev–Trinajstić information content (AvgIpc) is 2.26. The lowest BCUT2D eigenvalue weighted by Crippen LogP contribution is -2.55. The lowest BCUT2D eigenvalue weighted by Gasteiger charge is -2.34. The first-order chi connectivity index (χ1) is 7.56. The van der Waals surface area contributed by atoms with Gasteiger partial charge in [0.2, 0.25) is 11.8 Å². The number of hydrogen-bond donors (Lipinski definition) is 1. The molecule has 0 spiro atoms. The van der Waals surface area contributed by atoms with Gasteiger partial charge in [0.1, 0.15) is 0 Å². The molecule has 7 heteroatoms. The number of hydrogen-bond acceptors (Lipinski definition) is 4. The van der Waals surface area contributed by atoms with Crippen LogP contribution < -0.4 is 5.73 Å². The summed E-state index contributed by atoms with van der Waals surface area (Å²) in [5.41, 5.74) is 5.49. The van der Waals surface area contributed by atoms with Gasteiger partial charge in [-0.25, -0.2) is 0 Å². The van der Waals surface area contributed by atoms with Gasteiger partial charge in [-0.2, -0.15) is 0 Å². The molecule has 0 aromatic carbocycles. The van der Waals surface area contributed by atoms with E-state index in [0.717, 1.165) is 0 Å². The predicted octanol–water partition coefficient (Wildman–Crippen LogP) is -0.927. The number of piperazine rings is 1. The molecule has 0 aromatic heterocycles. The Hall–Kier alpha value is -0.850. The second kappa shape index (κ2) is 7.47. The summed E-state index contributed by atoms with van der Waals surface area (Å²) in [6, 6.07) is -0.543. The van der Waals surface area contributed by atoms with Crippen LogP contribution >= 0.6 is 12.4 Å². The van der Waals surface area contributed by atoms with Gasteiger partial charge in [-0.05, 0) is 6.92 Å². The van der Waals surface area contributed by atoms with Gasteiger partial charge in [-0.1, -0.05) is 0 Å². The number of carbonyl (C=O) groups excluding carboxylic acids is 2. The molecule has 0 aromatic rings. The van der Waals surface area contributed by atoms with Crippen LogP contribution in [0.4, 0.5) is 0 Å². The van der Waals surface area contributed by atoms with Gasteiger partial charge in [0.15, 0.2) is 0 Å². The van der Waals surface area contributed by atoms with Crippen molar-refractivity contribution in [1.29, 1.82) is 0 Å². The SMILES string of the molecule is COCCN1CCN(C(=O)C(C)N)CC1=O.Cl. The van der Waals surface area contributed by atoms with Crippen molar-refractivity contribution in [3.8, 4) is 0 Å². The number of nitrogens with two attached hydrogens (primary N) is 1. The zero-order chi connectivity index (χ0) is 12.1. The van der Waals surface area contributed by atoms with Gasteiger partial charge < -0.3 is 20.3 Å². The third kappa shape index (κ3) is 4.49. The summed E-state index contributed by atoms with van der Waals surface area (Å²) in [5, 5.41) is 0. The van der Waals surface area contributed by atoms with E-state index in [1.54, 1.807) is 18.9 Å². The Morgan fingerprint density at radius 3 is 2.65 bits per heavy atom. The van der Waals surface area contributed by atoms with E-state index in [1.165, 1.54) is 4.90 Å². The molecule has 0 saturated carbocycles. The van der Waals surface area contributed by atoms with E-state index >= 15 is 0 Å². The highest BCUT2D eigenvalue weighted by molar-refractivity contribution is 5.88. The van der Waals surface area contributed by atoms with Crippen LogP contribution in [0.5, 0.6) is 0 Å². The van der Waals surface area contributed by atoms with Gasteiger partial charge >= 0.3 is 0 Å². The Balaban J connectivity index is 0.00000256.